The third-order valence-electron chi connectivity index (χ3n) is 4.12. The van der Waals surface area contributed by atoms with Gasteiger partial charge in [0.05, 0.1) is 4.90 Å². The van der Waals surface area contributed by atoms with E-state index in [0.717, 1.165) is 25.1 Å². The Balaban J connectivity index is 2.47. The fourth-order valence-corrected chi connectivity index (χ4v) is 3.40. The summed E-state index contributed by atoms with van der Waals surface area (Å²) in [5.74, 6) is 0.687. The molecule has 1 rings (SSSR count). The van der Waals surface area contributed by atoms with Crippen LogP contribution in [0.2, 0.25) is 0 Å². The van der Waals surface area contributed by atoms with Gasteiger partial charge in [-0.2, -0.15) is 0 Å². The minimum Gasteiger partial charge on any atom is -0.356 e. The summed E-state index contributed by atoms with van der Waals surface area (Å²) in [7, 11) is -1.97. The molecule has 1 aromatic carbocycles. The molecule has 0 fully saturated rings. The Labute approximate surface area is 158 Å². The first-order valence-electron chi connectivity index (χ1n) is 8.97. The highest BCUT2D eigenvalue weighted by atomic mass is 32.2. The van der Waals surface area contributed by atoms with E-state index in [1.54, 1.807) is 19.2 Å². The van der Waals surface area contributed by atoms with Gasteiger partial charge < -0.3 is 10.6 Å². The number of primary sulfonamides is 1. The number of benzene rings is 1. The van der Waals surface area contributed by atoms with Crippen molar-refractivity contribution < 1.29 is 8.42 Å². The van der Waals surface area contributed by atoms with Crippen LogP contribution in [0.5, 0.6) is 0 Å². The molecule has 0 aliphatic carbocycles. The normalized spacial score (nSPS) is 12.9. The Hall–Kier alpha value is -1.64. The summed E-state index contributed by atoms with van der Waals surface area (Å²) in [4.78, 5) is 6.77. The van der Waals surface area contributed by atoms with Gasteiger partial charge in [-0.3, -0.25) is 9.89 Å². The number of sulfonamides is 1. The highest BCUT2D eigenvalue weighted by Gasteiger charge is 2.12. The molecule has 0 aliphatic heterocycles. The van der Waals surface area contributed by atoms with E-state index >= 15 is 0 Å². The lowest BCUT2D eigenvalue weighted by Gasteiger charge is -2.30. The Morgan fingerprint density at radius 2 is 1.85 bits per heavy atom. The van der Waals surface area contributed by atoms with Crippen molar-refractivity contribution in [3.63, 3.8) is 0 Å². The Kier molecular flexibility index (Phi) is 9.04. The average molecular weight is 384 g/mol. The molecule has 148 valence electrons. The van der Waals surface area contributed by atoms with Gasteiger partial charge in [-0.15, -0.1) is 0 Å². The number of aliphatic imine (C=N–C) groups is 1. The number of guanidine groups is 1. The van der Waals surface area contributed by atoms with Crippen LogP contribution in [0.25, 0.3) is 0 Å². The minimum atomic E-state index is -3.69. The van der Waals surface area contributed by atoms with Crippen molar-refractivity contribution in [2.45, 2.75) is 57.6 Å². The van der Waals surface area contributed by atoms with E-state index in [-0.39, 0.29) is 4.90 Å². The molecular weight excluding hydrogens is 350 g/mol. The van der Waals surface area contributed by atoms with Crippen LogP contribution in [-0.4, -0.2) is 51.5 Å². The number of nitrogens with zero attached hydrogens (tertiary/aromatic N) is 2. The number of nitrogens with one attached hydrogen (secondary N) is 2. The molecule has 0 spiro atoms. The molecule has 0 atom stereocenters. The molecular formula is C18H33N5O2S. The van der Waals surface area contributed by atoms with Gasteiger partial charge in [0.15, 0.2) is 5.96 Å². The predicted molar refractivity (Wildman–Crippen MR) is 108 cm³/mol. The summed E-state index contributed by atoms with van der Waals surface area (Å²) in [6.07, 6.45) is 1.01. The Morgan fingerprint density at radius 1 is 1.19 bits per heavy atom. The van der Waals surface area contributed by atoms with Crippen LogP contribution in [0.1, 0.15) is 39.7 Å². The van der Waals surface area contributed by atoms with E-state index in [1.165, 1.54) is 6.07 Å². The standard InChI is InChI=1S/C18H33N5O2S/c1-14(2)23(15(3)4)11-7-10-21-18(20-5)22-13-16-8-6-9-17(12-16)26(19,24)25/h6,8-9,12,14-15H,7,10-11,13H2,1-5H3,(H2,19,24,25)(H2,20,21,22). The van der Waals surface area contributed by atoms with Crippen LogP contribution < -0.4 is 15.8 Å². The maximum absolute atomic E-state index is 11.4. The average Bonchev–Trinajstić information content (AvgIpc) is 2.56. The second-order valence-electron chi connectivity index (χ2n) is 6.82. The first-order valence-corrected chi connectivity index (χ1v) is 10.5. The van der Waals surface area contributed by atoms with Crippen LogP contribution in [-0.2, 0) is 16.6 Å². The number of nitrogens with two attached hydrogens (primary N) is 1. The van der Waals surface area contributed by atoms with Crippen LogP contribution in [0, 0.1) is 0 Å². The highest BCUT2D eigenvalue weighted by molar-refractivity contribution is 7.89. The molecule has 0 saturated carbocycles. The lowest BCUT2D eigenvalue weighted by atomic mass is 10.2. The maximum atomic E-state index is 11.4. The molecule has 0 amide bonds. The molecule has 0 unspecified atom stereocenters. The zero-order valence-corrected chi connectivity index (χ0v) is 17.3. The Morgan fingerprint density at radius 3 is 2.38 bits per heavy atom. The number of rotatable bonds is 9. The molecule has 0 aliphatic rings. The van der Waals surface area contributed by atoms with Crippen molar-refractivity contribution in [2.24, 2.45) is 10.1 Å². The molecule has 0 saturated heterocycles. The van der Waals surface area contributed by atoms with Gasteiger partial charge in [-0.1, -0.05) is 12.1 Å². The van der Waals surface area contributed by atoms with Crippen LogP contribution in [0.4, 0.5) is 0 Å². The zero-order chi connectivity index (χ0) is 19.7. The van der Waals surface area contributed by atoms with E-state index in [9.17, 15) is 8.42 Å². The third-order valence-corrected chi connectivity index (χ3v) is 5.03. The van der Waals surface area contributed by atoms with Crippen molar-refractivity contribution in [1.29, 1.82) is 0 Å². The molecule has 0 bridgehead atoms. The maximum Gasteiger partial charge on any atom is 0.238 e. The summed E-state index contributed by atoms with van der Waals surface area (Å²) in [6, 6.07) is 7.63. The second kappa shape index (κ2) is 10.5. The monoisotopic (exact) mass is 383 g/mol. The van der Waals surface area contributed by atoms with Gasteiger partial charge in [-0.25, -0.2) is 13.6 Å². The van der Waals surface area contributed by atoms with Gasteiger partial charge >= 0.3 is 0 Å². The molecule has 0 aromatic heterocycles. The van der Waals surface area contributed by atoms with Gasteiger partial charge in [-0.05, 0) is 51.8 Å². The molecule has 26 heavy (non-hydrogen) atoms. The molecule has 8 heteroatoms. The van der Waals surface area contributed by atoms with Gasteiger partial charge in [0, 0.05) is 38.8 Å². The van der Waals surface area contributed by atoms with E-state index in [2.05, 4.69) is 48.2 Å². The fourth-order valence-electron chi connectivity index (χ4n) is 2.82. The molecule has 1 aromatic rings. The van der Waals surface area contributed by atoms with Crippen molar-refractivity contribution in [2.75, 3.05) is 20.1 Å². The van der Waals surface area contributed by atoms with Crippen molar-refractivity contribution in [3.05, 3.63) is 29.8 Å². The van der Waals surface area contributed by atoms with E-state index < -0.39 is 10.0 Å². The quantitative estimate of drug-likeness (QED) is 0.341. The SMILES string of the molecule is CN=C(NCCCN(C(C)C)C(C)C)NCc1cccc(S(N)(=O)=O)c1. The zero-order valence-electron chi connectivity index (χ0n) is 16.5. The highest BCUT2D eigenvalue weighted by Crippen LogP contribution is 2.09. The topological polar surface area (TPSA) is 99.8 Å². The fraction of sp³-hybridized carbons (Fsp3) is 0.611. The van der Waals surface area contributed by atoms with Gasteiger partial charge in [0.25, 0.3) is 0 Å². The summed E-state index contributed by atoms with van der Waals surface area (Å²) in [5.41, 5.74) is 0.824. The second-order valence-corrected chi connectivity index (χ2v) is 8.39. The van der Waals surface area contributed by atoms with Crippen LogP contribution in [0.3, 0.4) is 0 Å². The Bertz CT molecular complexity index is 679. The largest absolute Gasteiger partial charge is 0.356 e. The number of hydrogen-bond acceptors (Lipinski definition) is 4. The lowest BCUT2D eigenvalue weighted by Crippen LogP contribution is -2.41. The lowest BCUT2D eigenvalue weighted by molar-refractivity contribution is 0.173. The third kappa shape index (κ3) is 7.72. The van der Waals surface area contributed by atoms with Gasteiger partial charge in [0.1, 0.15) is 0 Å². The summed E-state index contributed by atoms with van der Waals surface area (Å²) < 4.78 is 22.8. The summed E-state index contributed by atoms with van der Waals surface area (Å²) in [6.45, 7) is 11.1. The van der Waals surface area contributed by atoms with Crippen molar-refractivity contribution in [3.8, 4) is 0 Å². The van der Waals surface area contributed by atoms with Crippen LogP contribution >= 0.6 is 0 Å². The van der Waals surface area contributed by atoms with E-state index in [0.29, 0.717) is 24.6 Å². The molecule has 0 heterocycles. The van der Waals surface area contributed by atoms with Crippen LogP contribution in [0.15, 0.2) is 34.2 Å². The van der Waals surface area contributed by atoms with Crippen molar-refractivity contribution >= 4 is 16.0 Å². The van der Waals surface area contributed by atoms with E-state index in [1.807, 2.05) is 6.07 Å². The van der Waals surface area contributed by atoms with E-state index in [4.69, 9.17) is 5.14 Å². The predicted octanol–water partition coefficient (Wildman–Crippen LogP) is 1.51. The summed E-state index contributed by atoms with van der Waals surface area (Å²) in [5, 5.41) is 11.6. The molecule has 4 N–H and O–H groups in total. The number of hydrogen-bond donors (Lipinski definition) is 3. The molecule has 0 radical (unpaired) electrons. The van der Waals surface area contributed by atoms with Crippen molar-refractivity contribution in [1.82, 2.24) is 15.5 Å². The molecule has 7 nitrogen and oxygen atoms in total. The first-order chi connectivity index (χ1) is 12.1. The van der Waals surface area contributed by atoms with Gasteiger partial charge in [0.2, 0.25) is 10.0 Å². The smallest absolute Gasteiger partial charge is 0.238 e. The summed E-state index contributed by atoms with van der Waals surface area (Å²) >= 11 is 0. The first kappa shape index (κ1) is 22.4. The minimum absolute atomic E-state index is 0.113.